The Labute approximate surface area is 210 Å². The highest BCUT2D eigenvalue weighted by molar-refractivity contribution is 7.10. The molecule has 6 nitrogen and oxygen atoms in total. The number of rotatable bonds is 7. The first-order valence-electron chi connectivity index (χ1n) is 11.8. The van der Waals surface area contributed by atoms with E-state index in [1.54, 1.807) is 13.8 Å². The van der Waals surface area contributed by atoms with E-state index in [9.17, 15) is 9.59 Å². The summed E-state index contributed by atoms with van der Waals surface area (Å²) in [5.74, 6) is -1.52. The average molecular weight is 491 g/mol. The number of nitrogens with zero attached hydrogens (tertiary/aromatic N) is 1. The van der Waals surface area contributed by atoms with E-state index >= 15 is 0 Å². The highest BCUT2D eigenvalue weighted by atomic mass is 32.1. The van der Waals surface area contributed by atoms with E-state index in [0.717, 1.165) is 16.8 Å². The third kappa shape index (κ3) is 4.36. The van der Waals surface area contributed by atoms with Crippen molar-refractivity contribution in [3.63, 3.8) is 0 Å². The zero-order chi connectivity index (χ0) is 25.0. The van der Waals surface area contributed by atoms with Crippen molar-refractivity contribution in [3.05, 3.63) is 87.9 Å². The number of nitrogens with one attached hydrogen (secondary N) is 1. The summed E-state index contributed by atoms with van der Waals surface area (Å²) >= 11 is 1.41. The SMILES string of the molecule is CCOC(=O)C1=C(C)NC(C)C(C(=O)OCC)(c2nc(-c3ccccc3)cs2)C1c1ccccc1. The maximum absolute atomic E-state index is 14.0. The second kappa shape index (κ2) is 10.4. The number of carbonyl (C=O) groups is 2. The van der Waals surface area contributed by atoms with E-state index in [4.69, 9.17) is 14.5 Å². The Kier molecular flexibility index (Phi) is 7.36. The molecule has 0 fully saturated rings. The fourth-order valence-corrected chi connectivity index (χ4v) is 6.05. The number of hydrogen-bond donors (Lipinski definition) is 1. The topological polar surface area (TPSA) is 77.5 Å². The summed E-state index contributed by atoms with van der Waals surface area (Å²) in [5, 5.41) is 5.94. The van der Waals surface area contributed by atoms with Crippen LogP contribution < -0.4 is 5.32 Å². The van der Waals surface area contributed by atoms with E-state index in [-0.39, 0.29) is 13.2 Å². The summed E-state index contributed by atoms with van der Waals surface area (Å²) in [6.07, 6.45) is 0. The molecule has 3 atom stereocenters. The summed E-state index contributed by atoms with van der Waals surface area (Å²) in [5.41, 5.74) is 2.38. The standard InChI is InChI=1S/C28H30N2O4S/c1-5-33-25(31)23-18(3)29-19(4)28(27(32)34-6-2,24(23)21-15-11-8-12-16-21)26-30-22(17-35-26)20-13-9-7-10-14-20/h7-17,19,24,29H,5-6H2,1-4H3. The van der Waals surface area contributed by atoms with Crippen molar-refractivity contribution >= 4 is 23.3 Å². The zero-order valence-corrected chi connectivity index (χ0v) is 21.2. The molecule has 1 aliphatic heterocycles. The number of benzene rings is 2. The molecular weight excluding hydrogens is 460 g/mol. The lowest BCUT2D eigenvalue weighted by atomic mass is 9.62. The van der Waals surface area contributed by atoms with Crippen LogP contribution in [0.25, 0.3) is 11.3 Å². The van der Waals surface area contributed by atoms with Gasteiger partial charge in [-0.3, -0.25) is 4.79 Å². The van der Waals surface area contributed by atoms with Crippen LogP contribution in [0.2, 0.25) is 0 Å². The van der Waals surface area contributed by atoms with Crippen molar-refractivity contribution in [2.24, 2.45) is 0 Å². The Morgan fingerprint density at radius 2 is 1.63 bits per heavy atom. The quantitative estimate of drug-likeness (QED) is 0.458. The van der Waals surface area contributed by atoms with Gasteiger partial charge in [0, 0.05) is 28.6 Å². The average Bonchev–Trinajstić information content (AvgIpc) is 3.35. The Balaban J connectivity index is 2.01. The largest absolute Gasteiger partial charge is 0.465 e. The summed E-state index contributed by atoms with van der Waals surface area (Å²) in [7, 11) is 0. The number of esters is 2. The van der Waals surface area contributed by atoms with Crippen molar-refractivity contribution in [3.8, 4) is 11.3 Å². The molecule has 35 heavy (non-hydrogen) atoms. The van der Waals surface area contributed by atoms with Gasteiger partial charge in [0.05, 0.1) is 24.5 Å². The molecule has 3 aromatic rings. The monoisotopic (exact) mass is 490 g/mol. The Hall–Kier alpha value is -3.45. The summed E-state index contributed by atoms with van der Waals surface area (Å²) in [6, 6.07) is 19.1. The Morgan fingerprint density at radius 3 is 2.26 bits per heavy atom. The predicted molar refractivity (Wildman–Crippen MR) is 137 cm³/mol. The molecule has 0 saturated heterocycles. The van der Waals surface area contributed by atoms with Gasteiger partial charge in [0.2, 0.25) is 0 Å². The minimum absolute atomic E-state index is 0.211. The van der Waals surface area contributed by atoms with E-state index in [1.165, 1.54) is 11.3 Å². The first kappa shape index (κ1) is 24.7. The van der Waals surface area contributed by atoms with Crippen LogP contribution in [0.15, 0.2) is 77.3 Å². The lowest BCUT2D eigenvalue weighted by molar-refractivity contribution is -0.153. The van der Waals surface area contributed by atoms with Crippen LogP contribution in [0, 0.1) is 0 Å². The fraction of sp³-hybridized carbons (Fsp3) is 0.321. The van der Waals surface area contributed by atoms with Crippen LogP contribution in [0.1, 0.15) is 44.2 Å². The molecule has 3 unspecified atom stereocenters. The smallest absolute Gasteiger partial charge is 0.336 e. The van der Waals surface area contributed by atoms with Gasteiger partial charge in [-0.1, -0.05) is 60.7 Å². The van der Waals surface area contributed by atoms with Crippen molar-refractivity contribution in [1.29, 1.82) is 0 Å². The van der Waals surface area contributed by atoms with Crippen LogP contribution in [-0.4, -0.2) is 36.2 Å². The molecule has 0 saturated carbocycles. The molecule has 0 bridgehead atoms. The maximum Gasteiger partial charge on any atom is 0.336 e. The van der Waals surface area contributed by atoms with E-state index in [0.29, 0.717) is 16.3 Å². The van der Waals surface area contributed by atoms with Gasteiger partial charge in [0.25, 0.3) is 0 Å². The third-order valence-electron chi connectivity index (χ3n) is 6.43. The van der Waals surface area contributed by atoms with Gasteiger partial charge >= 0.3 is 11.9 Å². The molecule has 7 heteroatoms. The molecule has 0 spiro atoms. The van der Waals surface area contributed by atoms with E-state index in [1.807, 2.05) is 79.9 Å². The van der Waals surface area contributed by atoms with Crippen LogP contribution in [0.4, 0.5) is 0 Å². The number of allylic oxidation sites excluding steroid dienone is 1. The van der Waals surface area contributed by atoms with Crippen LogP contribution in [0.3, 0.4) is 0 Å². The van der Waals surface area contributed by atoms with Crippen LogP contribution in [0.5, 0.6) is 0 Å². The highest BCUT2D eigenvalue weighted by Crippen LogP contribution is 2.52. The van der Waals surface area contributed by atoms with Gasteiger partial charge < -0.3 is 14.8 Å². The first-order valence-corrected chi connectivity index (χ1v) is 12.7. The summed E-state index contributed by atoms with van der Waals surface area (Å²) < 4.78 is 11.2. The van der Waals surface area contributed by atoms with Crippen molar-refractivity contribution in [2.45, 2.75) is 45.1 Å². The van der Waals surface area contributed by atoms with Gasteiger partial charge in [-0.05, 0) is 33.3 Å². The van der Waals surface area contributed by atoms with Crippen molar-refractivity contribution < 1.29 is 19.1 Å². The second-order valence-electron chi connectivity index (χ2n) is 8.46. The molecule has 1 aliphatic rings. The van der Waals surface area contributed by atoms with Crippen LogP contribution >= 0.6 is 11.3 Å². The van der Waals surface area contributed by atoms with Gasteiger partial charge in [0.15, 0.2) is 5.41 Å². The highest BCUT2D eigenvalue weighted by Gasteiger charge is 2.60. The summed E-state index contributed by atoms with van der Waals surface area (Å²) in [4.78, 5) is 32.3. The minimum atomic E-state index is -1.28. The Bertz CT molecular complexity index is 1220. The number of hydrogen-bond acceptors (Lipinski definition) is 7. The number of thiazole rings is 1. The molecule has 4 rings (SSSR count). The molecule has 0 radical (unpaired) electrons. The molecule has 182 valence electrons. The van der Waals surface area contributed by atoms with Gasteiger partial charge in [0.1, 0.15) is 5.01 Å². The molecular formula is C28H30N2O4S. The van der Waals surface area contributed by atoms with Gasteiger partial charge in [-0.25, -0.2) is 9.78 Å². The van der Waals surface area contributed by atoms with Gasteiger partial charge in [-0.15, -0.1) is 11.3 Å². The lowest BCUT2D eigenvalue weighted by Gasteiger charge is -2.46. The predicted octanol–water partition coefficient (Wildman–Crippen LogP) is 5.22. The fourth-order valence-electron chi connectivity index (χ4n) is 4.91. The minimum Gasteiger partial charge on any atom is -0.465 e. The lowest BCUT2D eigenvalue weighted by Crippen LogP contribution is -2.60. The van der Waals surface area contributed by atoms with E-state index in [2.05, 4.69) is 5.32 Å². The van der Waals surface area contributed by atoms with E-state index < -0.39 is 29.3 Å². The molecule has 0 amide bonds. The molecule has 0 aliphatic carbocycles. The molecule has 1 aromatic heterocycles. The van der Waals surface area contributed by atoms with Gasteiger partial charge in [-0.2, -0.15) is 0 Å². The number of aromatic nitrogens is 1. The molecule has 2 heterocycles. The van der Waals surface area contributed by atoms with Crippen molar-refractivity contribution in [1.82, 2.24) is 10.3 Å². The number of ether oxygens (including phenoxy) is 2. The molecule has 1 N–H and O–H groups in total. The normalized spacial score (nSPS) is 21.8. The Morgan fingerprint density at radius 1 is 1.00 bits per heavy atom. The summed E-state index contributed by atoms with van der Waals surface area (Å²) in [6.45, 7) is 7.80. The van der Waals surface area contributed by atoms with Crippen molar-refractivity contribution in [2.75, 3.05) is 13.2 Å². The third-order valence-corrected chi connectivity index (χ3v) is 7.43. The van der Waals surface area contributed by atoms with Crippen LogP contribution in [-0.2, 0) is 24.5 Å². The zero-order valence-electron chi connectivity index (χ0n) is 20.4. The second-order valence-corrected chi connectivity index (χ2v) is 9.32. The number of carbonyl (C=O) groups excluding carboxylic acids is 2. The maximum atomic E-state index is 14.0. The molecule has 2 aromatic carbocycles. The first-order chi connectivity index (χ1) is 16.9.